The van der Waals surface area contributed by atoms with Gasteiger partial charge < -0.3 is 9.67 Å². The molecule has 0 saturated heterocycles. The van der Waals surface area contributed by atoms with E-state index in [4.69, 9.17) is 0 Å². The van der Waals surface area contributed by atoms with E-state index in [0.29, 0.717) is 15.8 Å². The maximum atomic E-state index is 13.8. The van der Waals surface area contributed by atoms with Crippen molar-refractivity contribution in [2.75, 3.05) is 0 Å². The summed E-state index contributed by atoms with van der Waals surface area (Å²) in [5.41, 5.74) is 0.475. The molecule has 1 radical (unpaired) electrons. The van der Waals surface area contributed by atoms with Gasteiger partial charge in [-0.3, -0.25) is 4.79 Å². The Morgan fingerprint density at radius 2 is 2.16 bits per heavy atom. The van der Waals surface area contributed by atoms with E-state index in [-0.39, 0.29) is 49.6 Å². The van der Waals surface area contributed by atoms with E-state index in [9.17, 15) is 14.3 Å². The minimum absolute atomic E-state index is 0. The average Bonchev–Trinajstić information content (AvgIpc) is 2.33. The van der Waals surface area contributed by atoms with E-state index in [0.717, 1.165) is 6.07 Å². The molecule has 1 aromatic carbocycles. The largest absolute Gasteiger partial charge is 0.508 e. The second-order valence-electron chi connectivity index (χ2n) is 3.70. The van der Waals surface area contributed by atoms with E-state index < -0.39 is 5.82 Å². The van der Waals surface area contributed by atoms with E-state index in [1.165, 1.54) is 22.8 Å². The van der Waals surface area contributed by atoms with Crippen molar-refractivity contribution in [1.82, 2.24) is 4.57 Å². The van der Waals surface area contributed by atoms with Crippen molar-refractivity contribution in [3.8, 4) is 17.0 Å². The minimum Gasteiger partial charge on any atom is -0.508 e. The Kier molecular flexibility index (Phi) is 6.14. The molecule has 0 fully saturated rings. The van der Waals surface area contributed by atoms with Gasteiger partial charge in [0, 0.05) is 45.3 Å². The molecular weight excluding hydrogens is 437 g/mol. The van der Waals surface area contributed by atoms with E-state index in [2.05, 4.69) is 6.07 Å². The van der Waals surface area contributed by atoms with Crippen LogP contribution < -0.4 is 5.56 Å². The standard InChI is InChI=1S/C13H10FINO2.Y/c1-2-16-12(6-5-11(15)13(16)18)9-4-3-8(17)7-10(9)14;/h3-5,7,17H,2H2,1H3;/q-1;. The SMILES string of the molecule is CCn1c(-c2ccc(O)cc2F)[c-]cc(I)c1=O.[Y]. The molecule has 2 rings (SSSR count). The molecule has 0 bridgehead atoms. The molecule has 1 aromatic heterocycles. The molecule has 0 aliphatic carbocycles. The summed E-state index contributed by atoms with van der Waals surface area (Å²) in [6.45, 7) is 2.25. The summed E-state index contributed by atoms with van der Waals surface area (Å²) in [5, 5.41) is 9.19. The summed E-state index contributed by atoms with van der Waals surface area (Å²) >= 11 is 1.93. The van der Waals surface area contributed by atoms with Crippen LogP contribution in [-0.4, -0.2) is 9.67 Å². The van der Waals surface area contributed by atoms with Crippen molar-refractivity contribution in [2.24, 2.45) is 0 Å². The van der Waals surface area contributed by atoms with Gasteiger partial charge >= 0.3 is 0 Å². The van der Waals surface area contributed by atoms with E-state index >= 15 is 0 Å². The fraction of sp³-hybridized carbons (Fsp3) is 0.154. The topological polar surface area (TPSA) is 42.2 Å². The van der Waals surface area contributed by atoms with Gasteiger partial charge in [-0.15, -0.1) is 28.7 Å². The number of nitrogens with zero attached hydrogens (tertiary/aromatic N) is 1. The van der Waals surface area contributed by atoms with Crippen LogP contribution in [0.2, 0.25) is 0 Å². The Morgan fingerprint density at radius 1 is 1.47 bits per heavy atom. The van der Waals surface area contributed by atoms with Gasteiger partial charge in [-0.25, -0.2) is 4.39 Å². The molecule has 2 aromatic rings. The Labute approximate surface area is 148 Å². The van der Waals surface area contributed by atoms with Crippen LogP contribution >= 0.6 is 22.6 Å². The van der Waals surface area contributed by atoms with E-state index in [1.807, 2.05) is 29.5 Å². The Bertz CT molecular complexity index is 658. The zero-order valence-corrected chi connectivity index (χ0v) is 15.1. The van der Waals surface area contributed by atoms with Crippen LogP contribution in [0.15, 0.2) is 29.1 Å². The second-order valence-corrected chi connectivity index (χ2v) is 4.86. The maximum Gasteiger partial charge on any atom is 0.207 e. The fourth-order valence-electron chi connectivity index (χ4n) is 1.72. The fourth-order valence-corrected chi connectivity index (χ4v) is 2.17. The van der Waals surface area contributed by atoms with Gasteiger partial charge in [0.15, 0.2) is 0 Å². The number of benzene rings is 1. The molecule has 1 N–H and O–H groups in total. The summed E-state index contributed by atoms with van der Waals surface area (Å²) in [4.78, 5) is 11.9. The third-order valence-corrected chi connectivity index (χ3v) is 3.35. The molecule has 19 heavy (non-hydrogen) atoms. The molecule has 0 amide bonds. The third kappa shape index (κ3) is 3.44. The Balaban J connectivity index is 0.00000180. The van der Waals surface area contributed by atoms with Crippen molar-refractivity contribution in [3.63, 3.8) is 0 Å². The molecule has 0 unspecified atom stereocenters. The summed E-state index contributed by atoms with van der Waals surface area (Å²) in [6, 6.07) is 8.29. The molecule has 0 atom stereocenters. The summed E-state index contributed by atoms with van der Waals surface area (Å²) < 4.78 is 15.8. The van der Waals surface area contributed by atoms with Crippen LogP contribution in [0.5, 0.6) is 5.75 Å². The minimum atomic E-state index is -0.575. The summed E-state index contributed by atoms with van der Waals surface area (Å²) in [6.07, 6.45) is 0. The zero-order valence-electron chi connectivity index (χ0n) is 10.2. The molecule has 0 saturated carbocycles. The summed E-state index contributed by atoms with van der Waals surface area (Å²) in [5.74, 6) is -0.721. The van der Waals surface area contributed by atoms with E-state index in [1.54, 1.807) is 0 Å². The van der Waals surface area contributed by atoms with Crippen molar-refractivity contribution >= 4 is 22.6 Å². The second kappa shape index (κ2) is 6.95. The van der Waals surface area contributed by atoms with Crippen LogP contribution in [0.1, 0.15) is 6.92 Å². The first-order chi connectivity index (χ1) is 8.54. The van der Waals surface area contributed by atoms with Gasteiger partial charge in [-0.05, 0) is 16.6 Å². The number of phenolic OH excluding ortho intramolecular Hbond substituents is 1. The first-order valence-electron chi connectivity index (χ1n) is 5.34. The van der Waals surface area contributed by atoms with Crippen LogP contribution in [0.25, 0.3) is 11.3 Å². The molecular formula is C13H10FINO2Y-. The van der Waals surface area contributed by atoms with Crippen LogP contribution in [0, 0.1) is 15.5 Å². The predicted molar refractivity (Wildman–Crippen MR) is 75.0 cm³/mol. The molecule has 3 nitrogen and oxygen atoms in total. The smallest absolute Gasteiger partial charge is 0.207 e. The quantitative estimate of drug-likeness (QED) is 0.569. The molecule has 97 valence electrons. The van der Waals surface area contributed by atoms with Crippen LogP contribution in [0.4, 0.5) is 4.39 Å². The first-order valence-corrected chi connectivity index (χ1v) is 6.42. The molecule has 0 spiro atoms. The number of aromatic nitrogens is 1. The van der Waals surface area contributed by atoms with Crippen molar-refractivity contribution in [1.29, 1.82) is 0 Å². The number of aromatic hydroxyl groups is 1. The van der Waals surface area contributed by atoms with Gasteiger partial charge in [0.1, 0.15) is 5.75 Å². The molecule has 6 heteroatoms. The monoisotopic (exact) mass is 447 g/mol. The van der Waals surface area contributed by atoms with Gasteiger partial charge in [-0.2, -0.15) is 12.1 Å². The van der Waals surface area contributed by atoms with Crippen LogP contribution in [-0.2, 0) is 39.3 Å². The Hall–Kier alpha value is -0.266. The normalized spacial score (nSPS) is 10.1. The average molecular weight is 447 g/mol. The first kappa shape index (κ1) is 16.8. The number of rotatable bonds is 2. The van der Waals surface area contributed by atoms with Gasteiger partial charge in [-0.1, -0.05) is 11.3 Å². The maximum absolute atomic E-state index is 13.8. The zero-order chi connectivity index (χ0) is 13.3. The van der Waals surface area contributed by atoms with Crippen molar-refractivity contribution < 1.29 is 42.2 Å². The predicted octanol–water partition coefficient (Wildman–Crippen LogP) is 2.78. The van der Waals surface area contributed by atoms with Crippen molar-refractivity contribution in [2.45, 2.75) is 13.5 Å². The molecule has 0 aliphatic heterocycles. The van der Waals surface area contributed by atoms with Crippen molar-refractivity contribution in [3.05, 3.63) is 50.1 Å². The number of hydrogen-bond acceptors (Lipinski definition) is 2. The Morgan fingerprint density at radius 3 is 2.74 bits per heavy atom. The number of hydrogen-bond donors (Lipinski definition) is 1. The van der Waals surface area contributed by atoms with Gasteiger partial charge in [0.2, 0.25) is 5.56 Å². The van der Waals surface area contributed by atoms with Crippen LogP contribution in [0.3, 0.4) is 0 Å². The molecule has 1 heterocycles. The van der Waals surface area contributed by atoms with Gasteiger partial charge in [0.05, 0.1) is 5.82 Å². The summed E-state index contributed by atoms with van der Waals surface area (Å²) in [7, 11) is 0. The number of pyridine rings is 1. The third-order valence-electron chi connectivity index (χ3n) is 2.58. The molecule has 0 aliphatic rings. The number of halogens is 2. The number of phenols is 1. The van der Waals surface area contributed by atoms with Gasteiger partial charge in [0.25, 0.3) is 0 Å².